The molecule has 0 aromatic rings. The van der Waals surface area contributed by atoms with Crippen molar-refractivity contribution in [3.63, 3.8) is 0 Å². The normalized spacial score (nSPS) is 12.1. The molecule has 0 aliphatic heterocycles. The number of hydrogen-bond acceptors (Lipinski definition) is 8. The van der Waals surface area contributed by atoms with Gasteiger partial charge in [-0.25, -0.2) is 0 Å². The van der Waals surface area contributed by atoms with E-state index in [0.29, 0.717) is 25.0 Å². The van der Waals surface area contributed by atoms with E-state index in [1.807, 2.05) is 0 Å². The van der Waals surface area contributed by atoms with Crippen molar-refractivity contribution in [1.82, 2.24) is 10.6 Å². The quantitative estimate of drug-likeness (QED) is 0.225. The molecule has 0 unspecified atom stereocenters. The molecule has 2 amide bonds. The average molecular weight is 442 g/mol. The summed E-state index contributed by atoms with van der Waals surface area (Å²) >= 11 is 0. The van der Waals surface area contributed by atoms with Crippen LogP contribution in [0.5, 0.6) is 0 Å². The van der Waals surface area contributed by atoms with Gasteiger partial charge in [0, 0.05) is 53.5 Å². The van der Waals surface area contributed by atoms with Gasteiger partial charge in [0.25, 0.3) is 0 Å². The van der Waals surface area contributed by atoms with Gasteiger partial charge in [0.15, 0.2) is 5.40 Å². The van der Waals surface area contributed by atoms with Crippen LogP contribution >= 0.6 is 15.2 Å². The van der Waals surface area contributed by atoms with Crippen LogP contribution in [0.15, 0.2) is 12.2 Å². The number of carbonyl (C=O) groups is 2. The molecule has 0 rings (SSSR count). The SMILES string of the molecule is C=C(C)C(=O)NCCCC(=O)NCCCC(P(=O)(OC)OC)P(=O)(OC)OC. The average Bonchev–Trinajstić information content (AvgIpc) is 2.69. The lowest BCUT2D eigenvalue weighted by atomic mass is 10.2. The number of amides is 2. The molecule has 2 N–H and O–H groups in total. The number of carbonyl (C=O) groups excluding carboxylic acids is 2. The second-order valence-electron chi connectivity index (χ2n) is 5.92. The molecule has 0 aliphatic rings. The van der Waals surface area contributed by atoms with Gasteiger partial charge in [0.05, 0.1) is 0 Å². The first-order valence-corrected chi connectivity index (χ1v) is 11.9. The van der Waals surface area contributed by atoms with E-state index in [0.717, 1.165) is 0 Å². The summed E-state index contributed by atoms with van der Waals surface area (Å²) in [6, 6.07) is 0. The molecule has 164 valence electrons. The molecule has 0 aromatic carbocycles. The summed E-state index contributed by atoms with van der Waals surface area (Å²) in [5.74, 6) is -0.433. The first-order valence-electron chi connectivity index (χ1n) is 8.73. The van der Waals surface area contributed by atoms with Crippen LogP contribution in [0, 0.1) is 0 Å². The fourth-order valence-electron chi connectivity index (χ4n) is 2.33. The third kappa shape index (κ3) is 8.55. The van der Waals surface area contributed by atoms with Gasteiger partial charge in [-0.2, -0.15) is 0 Å². The number of rotatable bonds is 15. The Kier molecular flexibility index (Phi) is 12.8. The van der Waals surface area contributed by atoms with Crippen molar-refractivity contribution in [2.24, 2.45) is 0 Å². The molecule has 0 bridgehead atoms. The van der Waals surface area contributed by atoms with E-state index < -0.39 is 20.6 Å². The molecule has 0 atom stereocenters. The maximum Gasteiger partial charge on any atom is 0.345 e. The van der Waals surface area contributed by atoms with Gasteiger partial charge < -0.3 is 28.7 Å². The predicted molar refractivity (Wildman–Crippen MR) is 106 cm³/mol. The van der Waals surface area contributed by atoms with Gasteiger partial charge in [-0.05, 0) is 26.2 Å². The van der Waals surface area contributed by atoms with E-state index in [1.54, 1.807) is 6.92 Å². The van der Waals surface area contributed by atoms with Gasteiger partial charge >= 0.3 is 15.2 Å². The molecule has 0 spiro atoms. The van der Waals surface area contributed by atoms with Gasteiger partial charge in [-0.1, -0.05) is 6.58 Å². The van der Waals surface area contributed by atoms with Crippen molar-refractivity contribution in [3.8, 4) is 0 Å². The Balaban J connectivity index is 4.50. The second-order valence-corrected chi connectivity index (χ2v) is 11.2. The Morgan fingerprint density at radius 3 is 1.79 bits per heavy atom. The highest BCUT2D eigenvalue weighted by Crippen LogP contribution is 2.70. The van der Waals surface area contributed by atoms with E-state index in [4.69, 9.17) is 18.1 Å². The van der Waals surface area contributed by atoms with Crippen LogP contribution in [0.3, 0.4) is 0 Å². The second kappa shape index (κ2) is 13.2. The summed E-state index contributed by atoms with van der Waals surface area (Å²) in [6.45, 7) is 5.77. The molecule has 10 nitrogen and oxygen atoms in total. The largest absolute Gasteiger partial charge is 0.356 e. The monoisotopic (exact) mass is 442 g/mol. The molecule has 0 heterocycles. The standard InChI is InChI=1S/C16H32N2O8P2/c1-13(2)16(20)18-12-7-9-14(19)17-11-8-10-15(27(21,23-3)24-4)28(22,25-5)26-6/h15H,1,7-12H2,2-6H3,(H,17,19)(H,18,20). The summed E-state index contributed by atoms with van der Waals surface area (Å²) in [5, 5.41) is 4.24. The maximum absolute atomic E-state index is 12.7. The lowest BCUT2D eigenvalue weighted by Crippen LogP contribution is -2.28. The summed E-state index contributed by atoms with van der Waals surface area (Å²) in [7, 11) is -2.66. The molecular formula is C16H32N2O8P2. The third-order valence-electron chi connectivity index (χ3n) is 3.96. The number of hydrogen-bond donors (Lipinski definition) is 2. The maximum atomic E-state index is 12.7. The molecule has 0 radical (unpaired) electrons. The van der Waals surface area contributed by atoms with Gasteiger partial charge in [0.1, 0.15) is 0 Å². The first-order chi connectivity index (χ1) is 13.1. The lowest BCUT2D eigenvalue weighted by molar-refractivity contribution is -0.121. The zero-order valence-corrected chi connectivity index (χ0v) is 19.0. The van der Waals surface area contributed by atoms with Gasteiger partial charge in [-0.15, -0.1) is 0 Å². The van der Waals surface area contributed by atoms with Crippen molar-refractivity contribution in [2.45, 2.75) is 38.0 Å². The Morgan fingerprint density at radius 1 is 0.893 bits per heavy atom. The van der Waals surface area contributed by atoms with Crippen LogP contribution in [0.25, 0.3) is 0 Å². The molecular weight excluding hydrogens is 410 g/mol. The Bertz CT molecular complexity index is 584. The smallest absolute Gasteiger partial charge is 0.345 e. The topological polar surface area (TPSA) is 129 Å². The van der Waals surface area contributed by atoms with Crippen LogP contribution in [-0.2, 0) is 36.8 Å². The Hall–Kier alpha value is -1.02. The first kappa shape index (κ1) is 27.0. The van der Waals surface area contributed by atoms with Crippen molar-refractivity contribution in [1.29, 1.82) is 0 Å². The van der Waals surface area contributed by atoms with E-state index in [9.17, 15) is 18.7 Å². The zero-order chi connectivity index (χ0) is 21.8. The van der Waals surface area contributed by atoms with Crippen LogP contribution in [0.1, 0.15) is 32.6 Å². The van der Waals surface area contributed by atoms with Gasteiger partial charge in [-0.3, -0.25) is 18.7 Å². The highest BCUT2D eigenvalue weighted by molar-refractivity contribution is 7.72. The van der Waals surface area contributed by atoms with Crippen molar-refractivity contribution < 1.29 is 36.8 Å². The summed E-state index contributed by atoms with van der Waals surface area (Å²) in [6.07, 6.45) is 1.21. The van der Waals surface area contributed by atoms with E-state index in [2.05, 4.69) is 17.2 Å². The molecule has 12 heteroatoms. The highest BCUT2D eigenvalue weighted by Gasteiger charge is 2.48. The van der Waals surface area contributed by atoms with E-state index >= 15 is 0 Å². The summed E-state index contributed by atoms with van der Waals surface area (Å²) in [4.78, 5) is 23.2. The number of nitrogens with one attached hydrogen (secondary N) is 2. The van der Waals surface area contributed by atoms with Crippen molar-refractivity contribution in [3.05, 3.63) is 12.2 Å². The summed E-state index contributed by atoms with van der Waals surface area (Å²) in [5.41, 5.74) is 0.410. The molecule has 0 fully saturated rings. The Morgan fingerprint density at radius 2 is 1.36 bits per heavy atom. The molecule has 0 saturated carbocycles. The van der Waals surface area contributed by atoms with E-state index in [-0.39, 0.29) is 31.2 Å². The minimum Gasteiger partial charge on any atom is -0.356 e. The fourth-order valence-corrected chi connectivity index (χ4v) is 7.11. The molecule has 0 saturated heterocycles. The van der Waals surface area contributed by atoms with Crippen LogP contribution in [-0.4, -0.2) is 58.7 Å². The fraction of sp³-hybridized carbons (Fsp3) is 0.750. The van der Waals surface area contributed by atoms with Crippen LogP contribution in [0.2, 0.25) is 0 Å². The zero-order valence-electron chi connectivity index (χ0n) is 17.2. The minimum absolute atomic E-state index is 0.132. The molecule has 28 heavy (non-hydrogen) atoms. The lowest BCUT2D eigenvalue weighted by Gasteiger charge is -2.28. The highest BCUT2D eigenvalue weighted by atomic mass is 31.2. The molecule has 0 aliphatic carbocycles. The van der Waals surface area contributed by atoms with Crippen molar-refractivity contribution >= 4 is 27.0 Å². The minimum atomic E-state index is -3.72. The van der Waals surface area contributed by atoms with Crippen LogP contribution < -0.4 is 10.6 Å². The Labute approximate surface area is 166 Å². The van der Waals surface area contributed by atoms with E-state index in [1.165, 1.54) is 28.4 Å². The summed E-state index contributed by atoms with van der Waals surface area (Å²) < 4.78 is 45.2. The van der Waals surface area contributed by atoms with Crippen molar-refractivity contribution in [2.75, 3.05) is 41.5 Å². The van der Waals surface area contributed by atoms with Gasteiger partial charge in [0.2, 0.25) is 11.8 Å². The third-order valence-corrected chi connectivity index (χ3v) is 9.67. The predicted octanol–water partition coefficient (Wildman–Crippen LogP) is 2.65. The van der Waals surface area contributed by atoms with Crippen LogP contribution in [0.4, 0.5) is 0 Å². The molecule has 0 aromatic heterocycles.